The number of aromatic nitrogens is 1. The van der Waals surface area contributed by atoms with E-state index in [2.05, 4.69) is 4.40 Å². The minimum absolute atomic E-state index is 0.0473. The first-order chi connectivity index (χ1) is 11.8. The number of fused-ring (bicyclic) bond motifs is 1. The minimum Gasteiger partial charge on any atom is -0.497 e. The number of methoxy groups -OCH3 is 1. The molecule has 0 N–H and O–H groups in total. The molecule has 0 saturated heterocycles. The molecular weight excluding hydrogens is 370 g/mol. The van der Waals surface area contributed by atoms with Gasteiger partial charge in [0.2, 0.25) is 4.80 Å². The molecule has 132 valence electrons. The van der Waals surface area contributed by atoms with E-state index in [1.54, 1.807) is 18.2 Å². The van der Waals surface area contributed by atoms with Gasteiger partial charge in [0.15, 0.2) is 0 Å². The van der Waals surface area contributed by atoms with Gasteiger partial charge in [-0.25, -0.2) is 0 Å². The highest BCUT2D eigenvalue weighted by atomic mass is 32.2. The second kappa shape index (κ2) is 6.57. The maximum atomic E-state index is 13.5. The molecule has 3 rings (SSSR count). The molecule has 1 aromatic heterocycles. The van der Waals surface area contributed by atoms with Crippen molar-refractivity contribution in [2.45, 2.75) is 18.4 Å². The average molecular weight is 384 g/mol. The Balaban J connectivity index is 2.24. The molecule has 1 heterocycles. The van der Waals surface area contributed by atoms with E-state index in [1.807, 2.05) is 6.92 Å². The maximum absolute atomic E-state index is 13.5. The van der Waals surface area contributed by atoms with E-state index in [9.17, 15) is 17.2 Å². The molecule has 0 aliphatic carbocycles. The summed E-state index contributed by atoms with van der Waals surface area (Å²) < 4.78 is 61.6. The summed E-state index contributed by atoms with van der Waals surface area (Å²) in [6, 6.07) is 10.6. The number of benzene rings is 2. The number of aryl methyl sites for hydroxylation is 1. The third kappa shape index (κ3) is 3.42. The van der Waals surface area contributed by atoms with Gasteiger partial charge in [0.25, 0.3) is 10.0 Å². The first-order valence-electron chi connectivity index (χ1n) is 7.17. The van der Waals surface area contributed by atoms with Gasteiger partial charge >= 0.3 is 6.55 Å². The first kappa shape index (κ1) is 17.6. The van der Waals surface area contributed by atoms with Crippen LogP contribution in [0.2, 0.25) is 0 Å². The molecule has 0 bridgehead atoms. The Labute approximate surface area is 146 Å². The summed E-state index contributed by atoms with van der Waals surface area (Å²) in [7, 11) is -2.64. The molecule has 0 unspecified atom stereocenters. The standard InChI is InChI=1S/C16H14F2N2O3S2/c1-10-3-6-12(7-4-10)25(21,22)19-16-20(15(17)18)13-8-5-11(23-2)9-14(13)24-16/h3-9,15H,1-2H3/b19-16-. The van der Waals surface area contributed by atoms with Gasteiger partial charge in [0.05, 0.1) is 22.2 Å². The fourth-order valence-corrected chi connectivity index (χ4v) is 4.51. The van der Waals surface area contributed by atoms with E-state index in [-0.39, 0.29) is 15.2 Å². The number of nitrogens with zero attached hydrogens (tertiary/aromatic N) is 2. The van der Waals surface area contributed by atoms with E-state index in [4.69, 9.17) is 4.74 Å². The third-order valence-corrected chi connectivity index (χ3v) is 5.96. The van der Waals surface area contributed by atoms with Crippen molar-refractivity contribution in [3.8, 4) is 5.75 Å². The van der Waals surface area contributed by atoms with E-state index >= 15 is 0 Å². The van der Waals surface area contributed by atoms with Crippen molar-refractivity contribution >= 4 is 31.6 Å². The van der Waals surface area contributed by atoms with Gasteiger partial charge in [-0.3, -0.25) is 4.57 Å². The summed E-state index contributed by atoms with van der Waals surface area (Å²) in [6.45, 7) is -1.10. The zero-order valence-corrected chi connectivity index (χ0v) is 14.9. The lowest BCUT2D eigenvalue weighted by atomic mass is 10.2. The van der Waals surface area contributed by atoms with Crippen LogP contribution in [0.4, 0.5) is 8.78 Å². The number of halogens is 2. The van der Waals surface area contributed by atoms with Crippen molar-refractivity contribution in [1.82, 2.24) is 4.57 Å². The molecule has 0 aliphatic heterocycles. The van der Waals surface area contributed by atoms with Gasteiger partial charge in [-0.05, 0) is 37.3 Å². The highest BCUT2D eigenvalue weighted by Crippen LogP contribution is 2.26. The number of thiazole rings is 1. The molecule has 0 spiro atoms. The minimum atomic E-state index is -4.10. The van der Waals surface area contributed by atoms with Crippen molar-refractivity contribution < 1.29 is 21.9 Å². The van der Waals surface area contributed by atoms with Crippen LogP contribution in [0.5, 0.6) is 5.75 Å². The SMILES string of the molecule is COc1ccc2c(c1)s/c(=N\S(=O)(=O)c1ccc(C)cc1)n2C(F)F. The average Bonchev–Trinajstić information content (AvgIpc) is 2.91. The zero-order chi connectivity index (χ0) is 18.2. The van der Waals surface area contributed by atoms with Crippen LogP contribution in [0.3, 0.4) is 0 Å². The zero-order valence-electron chi connectivity index (χ0n) is 13.3. The van der Waals surface area contributed by atoms with Gasteiger partial charge < -0.3 is 4.74 Å². The predicted octanol–water partition coefficient (Wildman–Crippen LogP) is 3.70. The summed E-state index contributed by atoms with van der Waals surface area (Å²) in [6.07, 6.45) is 0. The van der Waals surface area contributed by atoms with Crippen molar-refractivity contribution in [3.05, 3.63) is 52.8 Å². The molecular formula is C16H14F2N2O3S2. The normalized spacial score (nSPS) is 12.9. The smallest absolute Gasteiger partial charge is 0.321 e. The molecule has 0 saturated carbocycles. The van der Waals surface area contributed by atoms with E-state index in [0.29, 0.717) is 15.0 Å². The first-order valence-corrected chi connectivity index (χ1v) is 9.42. The largest absolute Gasteiger partial charge is 0.497 e. The molecule has 25 heavy (non-hydrogen) atoms. The number of hydrogen-bond donors (Lipinski definition) is 0. The van der Waals surface area contributed by atoms with Gasteiger partial charge in [-0.15, -0.1) is 4.40 Å². The number of alkyl halides is 2. The molecule has 0 aliphatic rings. The lowest BCUT2D eigenvalue weighted by Gasteiger charge is -2.04. The van der Waals surface area contributed by atoms with Gasteiger partial charge in [0, 0.05) is 0 Å². The van der Waals surface area contributed by atoms with Crippen molar-refractivity contribution in [3.63, 3.8) is 0 Å². The Morgan fingerprint density at radius 2 is 1.84 bits per heavy atom. The van der Waals surface area contributed by atoms with Crippen LogP contribution in [0.1, 0.15) is 12.1 Å². The molecule has 5 nitrogen and oxygen atoms in total. The van der Waals surface area contributed by atoms with Crippen LogP contribution in [-0.4, -0.2) is 20.1 Å². The fraction of sp³-hybridized carbons (Fsp3) is 0.188. The van der Waals surface area contributed by atoms with E-state index in [1.165, 1.54) is 31.4 Å². The summed E-state index contributed by atoms with van der Waals surface area (Å²) in [5.74, 6) is 0.489. The molecule has 3 aromatic rings. The van der Waals surface area contributed by atoms with Crippen LogP contribution in [0.25, 0.3) is 10.2 Å². The second-order valence-corrected chi connectivity index (χ2v) is 7.86. The number of ether oxygens (including phenoxy) is 1. The monoisotopic (exact) mass is 384 g/mol. The van der Waals surface area contributed by atoms with Gasteiger partial charge in [-0.1, -0.05) is 29.0 Å². The Morgan fingerprint density at radius 3 is 2.44 bits per heavy atom. The molecule has 0 fully saturated rings. The van der Waals surface area contributed by atoms with Crippen LogP contribution in [0, 0.1) is 6.92 Å². The Kier molecular flexibility index (Phi) is 4.61. The van der Waals surface area contributed by atoms with E-state index < -0.39 is 16.6 Å². The number of rotatable bonds is 4. The Hall–Kier alpha value is -2.26. The van der Waals surface area contributed by atoms with Crippen molar-refractivity contribution in [1.29, 1.82) is 0 Å². The van der Waals surface area contributed by atoms with Gasteiger partial charge in [-0.2, -0.15) is 17.2 Å². The predicted molar refractivity (Wildman–Crippen MR) is 91.5 cm³/mol. The Bertz CT molecular complexity index is 1080. The fourth-order valence-electron chi connectivity index (χ4n) is 2.27. The topological polar surface area (TPSA) is 60.7 Å². The lowest BCUT2D eigenvalue weighted by Crippen LogP contribution is -2.17. The summed E-state index contributed by atoms with van der Waals surface area (Å²) in [5, 5.41) is 0. The second-order valence-electron chi connectivity index (χ2n) is 5.25. The van der Waals surface area contributed by atoms with Crippen LogP contribution < -0.4 is 9.54 Å². The van der Waals surface area contributed by atoms with Crippen LogP contribution >= 0.6 is 11.3 Å². The third-order valence-electron chi connectivity index (χ3n) is 3.55. The Morgan fingerprint density at radius 1 is 1.16 bits per heavy atom. The van der Waals surface area contributed by atoms with Crippen LogP contribution in [0.15, 0.2) is 51.8 Å². The highest BCUT2D eigenvalue weighted by Gasteiger charge is 2.18. The van der Waals surface area contributed by atoms with Crippen molar-refractivity contribution in [2.24, 2.45) is 4.40 Å². The summed E-state index contributed by atoms with van der Waals surface area (Å²) >= 11 is 0.864. The summed E-state index contributed by atoms with van der Waals surface area (Å²) in [4.78, 5) is -0.340. The van der Waals surface area contributed by atoms with Crippen LogP contribution in [-0.2, 0) is 10.0 Å². The van der Waals surface area contributed by atoms with E-state index in [0.717, 1.165) is 16.9 Å². The molecule has 0 atom stereocenters. The maximum Gasteiger partial charge on any atom is 0.321 e. The highest BCUT2D eigenvalue weighted by molar-refractivity contribution is 7.90. The quantitative estimate of drug-likeness (QED) is 0.689. The number of hydrogen-bond acceptors (Lipinski definition) is 4. The molecule has 2 aromatic carbocycles. The molecule has 9 heteroatoms. The number of sulfonamides is 1. The van der Waals surface area contributed by atoms with Crippen molar-refractivity contribution in [2.75, 3.05) is 7.11 Å². The lowest BCUT2D eigenvalue weighted by molar-refractivity contribution is 0.0723. The van der Waals surface area contributed by atoms with Gasteiger partial charge in [0.1, 0.15) is 5.75 Å². The molecule has 0 amide bonds. The summed E-state index contributed by atoms with van der Waals surface area (Å²) in [5.41, 5.74) is 1.08. The molecule has 0 radical (unpaired) electrons.